The smallest absolute Gasteiger partial charge is 0.281 e. The minimum absolute atomic E-state index is 0.0540. The van der Waals surface area contributed by atoms with Crippen LogP contribution in [-0.2, 0) is 17.8 Å². The van der Waals surface area contributed by atoms with Gasteiger partial charge in [-0.15, -0.1) is 5.10 Å². The largest absolute Gasteiger partial charge is 0.342 e. The molecule has 0 bridgehead atoms. The number of carbonyl (C=O) groups excluding carboxylic acids is 1. The summed E-state index contributed by atoms with van der Waals surface area (Å²) in [4.78, 5) is 33.2. The lowest BCUT2D eigenvalue weighted by atomic mass is 9.97. The number of likely N-dealkylation sites (tertiary alicyclic amines) is 1. The van der Waals surface area contributed by atoms with E-state index in [0.29, 0.717) is 31.1 Å². The average Bonchev–Trinajstić information content (AvgIpc) is 3.08. The number of hydrogen-bond donors (Lipinski definition) is 1. The van der Waals surface area contributed by atoms with E-state index in [2.05, 4.69) is 20.3 Å². The first-order valence-electron chi connectivity index (χ1n) is 9.42. The molecule has 4 rings (SSSR count). The summed E-state index contributed by atoms with van der Waals surface area (Å²) in [5, 5.41) is 7.94. The number of aryl methyl sites for hydroxylation is 1. The molecule has 1 atom stereocenters. The second-order valence-corrected chi connectivity index (χ2v) is 7.36. The summed E-state index contributed by atoms with van der Waals surface area (Å²) in [5.41, 5.74) is 0.312. The highest BCUT2D eigenvalue weighted by molar-refractivity contribution is 5.79. The third-order valence-corrected chi connectivity index (χ3v) is 5.14. The Balaban J connectivity index is 1.47. The lowest BCUT2D eigenvalue weighted by Gasteiger charge is -2.32. The van der Waals surface area contributed by atoms with Gasteiger partial charge in [0.05, 0.1) is 6.42 Å². The fraction of sp³-hybridized carbons (Fsp3) is 0.421. The van der Waals surface area contributed by atoms with Crippen LogP contribution in [-0.4, -0.2) is 48.9 Å². The van der Waals surface area contributed by atoms with E-state index in [1.165, 1.54) is 0 Å². The van der Waals surface area contributed by atoms with Gasteiger partial charge >= 0.3 is 0 Å². The zero-order chi connectivity index (χ0) is 20.5. The van der Waals surface area contributed by atoms with E-state index in [1.54, 1.807) is 16.5 Å². The van der Waals surface area contributed by atoms with E-state index in [9.17, 15) is 18.4 Å². The van der Waals surface area contributed by atoms with E-state index in [0.717, 1.165) is 31.0 Å². The molecule has 3 aromatic rings. The standard InChI is InChI=1S/C19H20F2N6O2/c1-11-22-18-17(19(29)23-11)24-25-27(18)10-12-3-2-6-26(9-12)16(28)8-13-7-14(20)4-5-15(13)21/h4-5,7,12H,2-3,6,8-10H2,1H3,(H,22,23,29)/t12-/m0/s1. The molecule has 0 radical (unpaired) electrons. The lowest BCUT2D eigenvalue weighted by molar-refractivity contribution is -0.132. The monoisotopic (exact) mass is 402 g/mol. The quantitative estimate of drug-likeness (QED) is 0.715. The number of H-pyrrole nitrogens is 1. The highest BCUT2D eigenvalue weighted by Crippen LogP contribution is 2.21. The highest BCUT2D eigenvalue weighted by Gasteiger charge is 2.26. The van der Waals surface area contributed by atoms with Crippen molar-refractivity contribution >= 4 is 17.1 Å². The first-order valence-corrected chi connectivity index (χ1v) is 9.42. The van der Waals surface area contributed by atoms with E-state index in [4.69, 9.17) is 0 Å². The Bertz CT molecular complexity index is 1130. The van der Waals surface area contributed by atoms with E-state index >= 15 is 0 Å². The summed E-state index contributed by atoms with van der Waals surface area (Å²) in [7, 11) is 0. The van der Waals surface area contributed by atoms with Crippen molar-refractivity contribution in [2.45, 2.75) is 32.7 Å². The van der Waals surface area contributed by atoms with E-state index in [1.807, 2.05) is 0 Å². The summed E-state index contributed by atoms with van der Waals surface area (Å²) in [5.74, 6) is -0.830. The number of nitrogens with zero attached hydrogens (tertiary/aromatic N) is 5. The maximum atomic E-state index is 13.8. The number of rotatable bonds is 4. The maximum Gasteiger partial charge on any atom is 0.281 e. The van der Waals surface area contributed by atoms with Gasteiger partial charge in [-0.3, -0.25) is 9.59 Å². The number of aromatic nitrogens is 5. The van der Waals surface area contributed by atoms with Crippen LogP contribution in [0.15, 0.2) is 23.0 Å². The van der Waals surface area contributed by atoms with Gasteiger partial charge in [-0.1, -0.05) is 5.21 Å². The normalized spacial score (nSPS) is 17.1. The SMILES string of the molecule is Cc1nc2c(nnn2C[C@H]2CCCN(C(=O)Cc3cc(F)ccc3F)C2)c(=O)[nH]1. The molecule has 1 N–H and O–H groups in total. The molecule has 3 heterocycles. The van der Waals surface area contributed by atoms with Crippen LogP contribution in [0.5, 0.6) is 0 Å². The second kappa shape index (κ2) is 7.69. The predicted molar refractivity (Wildman–Crippen MR) is 100 cm³/mol. The number of carbonyl (C=O) groups is 1. The van der Waals surface area contributed by atoms with Crippen LogP contribution < -0.4 is 5.56 Å². The van der Waals surface area contributed by atoms with Gasteiger partial charge in [0.1, 0.15) is 17.5 Å². The minimum atomic E-state index is -0.589. The van der Waals surface area contributed by atoms with Crippen molar-refractivity contribution in [1.29, 1.82) is 0 Å². The zero-order valence-electron chi connectivity index (χ0n) is 15.9. The molecule has 1 fully saturated rings. The van der Waals surface area contributed by atoms with Crippen molar-refractivity contribution in [3.8, 4) is 0 Å². The first kappa shape index (κ1) is 19.2. The molecule has 1 aliphatic heterocycles. The van der Waals surface area contributed by atoms with Crippen LogP contribution in [0.2, 0.25) is 0 Å². The molecule has 1 saturated heterocycles. The van der Waals surface area contributed by atoms with Gasteiger partial charge in [-0.25, -0.2) is 18.4 Å². The molecule has 10 heteroatoms. The number of nitrogens with one attached hydrogen (secondary N) is 1. The molecule has 152 valence electrons. The van der Waals surface area contributed by atoms with Crippen molar-refractivity contribution < 1.29 is 13.6 Å². The van der Waals surface area contributed by atoms with Crippen LogP contribution >= 0.6 is 0 Å². The van der Waals surface area contributed by atoms with Gasteiger partial charge in [0, 0.05) is 25.2 Å². The third kappa shape index (κ3) is 4.01. The Hall–Kier alpha value is -3.17. The topological polar surface area (TPSA) is 96.8 Å². The molecule has 1 amide bonds. The molecular formula is C19H20F2N6O2. The molecule has 0 saturated carbocycles. The lowest BCUT2D eigenvalue weighted by Crippen LogP contribution is -2.42. The number of fused-ring (bicyclic) bond motifs is 1. The molecule has 0 unspecified atom stereocenters. The van der Waals surface area contributed by atoms with Crippen LogP contribution in [0.25, 0.3) is 11.2 Å². The van der Waals surface area contributed by atoms with Crippen LogP contribution in [0.3, 0.4) is 0 Å². The number of piperidine rings is 1. The van der Waals surface area contributed by atoms with E-state index < -0.39 is 11.6 Å². The Labute approximate surface area is 164 Å². The first-order chi connectivity index (χ1) is 13.9. The molecule has 8 nitrogen and oxygen atoms in total. The number of amides is 1. The number of hydrogen-bond acceptors (Lipinski definition) is 5. The number of halogens is 2. The fourth-order valence-corrected chi connectivity index (χ4v) is 3.74. The Kier molecular flexibility index (Phi) is 5.08. The van der Waals surface area contributed by atoms with Crippen molar-refractivity contribution in [3.05, 3.63) is 51.6 Å². The number of benzene rings is 1. The molecular weight excluding hydrogens is 382 g/mol. The van der Waals surface area contributed by atoms with Crippen LogP contribution in [0, 0.1) is 24.5 Å². The third-order valence-electron chi connectivity index (χ3n) is 5.14. The van der Waals surface area contributed by atoms with Crippen LogP contribution in [0.4, 0.5) is 8.78 Å². The Morgan fingerprint density at radius 3 is 3.00 bits per heavy atom. The zero-order valence-corrected chi connectivity index (χ0v) is 15.9. The molecule has 29 heavy (non-hydrogen) atoms. The van der Waals surface area contributed by atoms with Crippen molar-refractivity contribution in [1.82, 2.24) is 29.9 Å². The summed E-state index contributed by atoms with van der Waals surface area (Å²) in [6, 6.07) is 3.12. The predicted octanol–water partition coefficient (Wildman–Crippen LogP) is 1.58. The summed E-state index contributed by atoms with van der Waals surface area (Å²) in [6.45, 7) is 3.19. The van der Waals surface area contributed by atoms with Gasteiger partial charge in [0.15, 0.2) is 11.2 Å². The van der Waals surface area contributed by atoms with Gasteiger partial charge in [0.25, 0.3) is 5.56 Å². The van der Waals surface area contributed by atoms with Crippen LogP contribution in [0.1, 0.15) is 24.2 Å². The van der Waals surface area contributed by atoms with Crippen molar-refractivity contribution in [2.75, 3.05) is 13.1 Å². The summed E-state index contributed by atoms with van der Waals surface area (Å²) in [6.07, 6.45) is 1.49. The average molecular weight is 402 g/mol. The summed E-state index contributed by atoms with van der Waals surface area (Å²) >= 11 is 0. The van der Waals surface area contributed by atoms with Gasteiger partial charge in [-0.05, 0) is 43.9 Å². The minimum Gasteiger partial charge on any atom is -0.342 e. The molecule has 0 aliphatic carbocycles. The second-order valence-electron chi connectivity index (χ2n) is 7.36. The molecule has 0 spiro atoms. The van der Waals surface area contributed by atoms with E-state index in [-0.39, 0.29) is 34.9 Å². The van der Waals surface area contributed by atoms with Crippen molar-refractivity contribution in [3.63, 3.8) is 0 Å². The van der Waals surface area contributed by atoms with Gasteiger partial charge in [0.2, 0.25) is 5.91 Å². The van der Waals surface area contributed by atoms with Gasteiger partial charge in [-0.2, -0.15) is 0 Å². The molecule has 1 aromatic carbocycles. The van der Waals surface area contributed by atoms with Gasteiger partial charge < -0.3 is 9.88 Å². The number of aromatic amines is 1. The summed E-state index contributed by atoms with van der Waals surface area (Å²) < 4.78 is 28.8. The highest BCUT2D eigenvalue weighted by atomic mass is 19.1. The maximum absolute atomic E-state index is 13.8. The Morgan fingerprint density at radius 1 is 1.34 bits per heavy atom. The molecule has 2 aromatic heterocycles. The Morgan fingerprint density at radius 2 is 2.17 bits per heavy atom. The van der Waals surface area contributed by atoms with Crippen molar-refractivity contribution in [2.24, 2.45) is 5.92 Å². The fourth-order valence-electron chi connectivity index (χ4n) is 3.74. The molecule has 1 aliphatic rings.